The molecule has 0 fully saturated rings. The Morgan fingerprint density at radius 1 is 0.556 bits per heavy atom. The molecule has 308 valence electrons. The van der Waals surface area contributed by atoms with Crippen LogP contribution in [0.3, 0.4) is 0 Å². The fraction of sp³-hybridized carbons (Fsp3) is 0.622. The summed E-state index contributed by atoms with van der Waals surface area (Å²) in [5.74, 6) is -0.374. The zero-order chi connectivity index (χ0) is 39.5. The lowest BCUT2D eigenvalue weighted by molar-refractivity contribution is -0.154. The van der Waals surface area contributed by atoms with Gasteiger partial charge in [0.25, 0.3) is 0 Å². The highest BCUT2D eigenvalue weighted by atomic mass is 31.2. The third-order valence-electron chi connectivity index (χ3n) is 8.16. The average Bonchev–Trinajstić information content (AvgIpc) is 3.16. The van der Waals surface area contributed by atoms with Crippen LogP contribution in [0.1, 0.15) is 142 Å². The van der Waals surface area contributed by atoms with E-state index in [9.17, 15) is 14.3 Å². The highest BCUT2D eigenvalue weighted by Gasteiger charge is 2.25. The maximum Gasteiger partial charge on any atom is 0.472 e. The third kappa shape index (κ3) is 40.6. The first-order chi connectivity index (χ1) is 26.4. The molecule has 2 unspecified atom stereocenters. The van der Waals surface area contributed by atoms with Gasteiger partial charge in [0.2, 0.25) is 0 Å². The van der Waals surface area contributed by atoms with Gasteiger partial charge in [-0.1, -0.05) is 175 Å². The molecule has 0 aromatic rings. The van der Waals surface area contributed by atoms with E-state index in [1.807, 2.05) is 42.5 Å². The summed E-state index contributed by atoms with van der Waals surface area (Å²) in [6.07, 6.45) is 54.2. The summed E-state index contributed by atoms with van der Waals surface area (Å²) in [4.78, 5) is 22.4. The minimum absolute atomic E-state index is 0.0757. The topological polar surface area (TPSA) is 117 Å². The summed E-state index contributed by atoms with van der Waals surface area (Å²) in [5, 5.41) is 0. The number of hydrogen-bond acceptors (Lipinski definition) is 7. The Hall–Kier alpha value is -2.58. The van der Waals surface area contributed by atoms with Crippen LogP contribution in [0.15, 0.2) is 97.2 Å². The average molecular weight is 774 g/mol. The molecule has 0 aliphatic rings. The predicted molar refractivity (Wildman–Crippen MR) is 228 cm³/mol. The first kappa shape index (κ1) is 51.4. The molecule has 3 N–H and O–H groups in total. The van der Waals surface area contributed by atoms with Gasteiger partial charge in [0.1, 0.15) is 6.10 Å². The summed E-state index contributed by atoms with van der Waals surface area (Å²) in [6, 6.07) is 0. The second kappa shape index (κ2) is 41.6. The molecule has 8 nitrogen and oxygen atoms in total. The number of nitrogens with two attached hydrogens (primary N) is 1. The largest absolute Gasteiger partial charge is 0.472 e. The maximum atomic E-state index is 12.6. The van der Waals surface area contributed by atoms with Crippen molar-refractivity contribution >= 4 is 13.8 Å². The van der Waals surface area contributed by atoms with Crippen molar-refractivity contribution in [2.45, 2.75) is 148 Å². The molecule has 0 aromatic carbocycles. The number of esters is 1. The highest BCUT2D eigenvalue weighted by molar-refractivity contribution is 7.47. The predicted octanol–water partition coefficient (Wildman–Crippen LogP) is 12.3. The number of hydrogen-bond donors (Lipinski definition) is 2. The molecule has 0 saturated heterocycles. The zero-order valence-electron chi connectivity index (χ0n) is 33.9. The molecule has 0 aromatic heterocycles. The number of phosphoric ester groups is 1. The molecule has 0 aliphatic carbocycles. The van der Waals surface area contributed by atoms with E-state index in [0.717, 1.165) is 64.2 Å². The molecule has 0 aliphatic heterocycles. The molecular formula is C45H76NO7P. The smallest absolute Gasteiger partial charge is 0.457 e. The van der Waals surface area contributed by atoms with Gasteiger partial charge < -0.3 is 20.1 Å². The Balaban J connectivity index is 4.24. The summed E-state index contributed by atoms with van der Waals surface area (Å²) in [6.45, 7) is 4.69. The number of phosphoric acid groups is 1. The number of carbonyl (C=O) groups excluding carboxylic acids is 1. The molecule has 9 heteroatoms. The first-order valence-electron chi connectivity index (χ1n) is 20.8. The molecule has 0 amide bonds. The van der Waals surface area contributed by atoms with Gasteiger partial charge in [0.15, 0.2) is 0 Å². The number of ether oxygens (including phenoxy) is 2. The van der Waals surface area contributed by atoms with Crippen molar-refractivity contribution in [2.24, 2.45) is 5.73 Å². The Morgan fingerprint density at radius 3 is 1.54 bits per heavy atom. The second-order valence-corrected chi connectivity index (χ2v) is 14.8. The van der Waals surface area contributed by atoms with Gasteiger partial charge in [-0.15, -0.1) is 0 Å². The minimum Gasteiger partial charge on any atom is -0.457 e. The van der Waals surface area contributed by atoms with Gasteiger partial charge >= 0.3 is 13.8 Å². The summed E-state index contributed by atoms with van der Waals surface area (Å²) < 4.78 is 33.3. The van der Waals surface area contributed by atoms with Crippen LogP contribution in [0, 0.1) is 0 Å². The molecule has 0 heterocycles. The Bertz CT molecular complexity index is 1140. The van der Waals surface area contributed by atoms with E-state index in [2.05, 4.69) is 68.5 Å². The number of unbranched alkanes of at least 4 members (excludes halogenated alkanes) is 15. The van der Waals surface area contributed by atoms with E-state index in [1.54, 1.807) is 0 Å². The van der Waals surface area contributed by atoms with E-state index in [-0.39, 0.29) is 38.8 Å². The van der Waals surface area contributed by atoms with Gasteiger partial charge in [0.05, 0.1) is 19.8 Å². The van der Waals surface area contributed by atoms with Crippen molar-refractivity contribution in [1.29, 1.82) is 0 Å². The van der Waals surface area contributed by atoms with Gasteiger partial charge in [-0.25, -0.2) is 4.57 Å². The van der Waals surface area contributed by atoms with E-state index in [1.165, 1.54) is 51.4 Å². The van der Waals surface area contributed by atoms with Gasteiger partial charge in [-0.2, -0.15) is 0 Å². The highest BCUT2D eigenvalue weighted by Crippen LogP contribution is 2.43. The SMILES string of the molecule is CCCCC=CC=CC=CC=CC=CC=CCCCCCCOCC(COP(=O)(O)OCCN)OC(=O)CCCCCC=CC=CCCCCCCCC. The lowest BCUT2D eigenvalue weighted by Crippen LogP contribution is -2.28. The van der Waals surface area contributed by atoms with Gasteiger partial charge in [-0.05, 0) is 57.8 Å². The molecule has 0 bridgehead atoms. The van der Waals surface area contributed by atoms with Crippen LogP contribution in [-0.2, 0) is 27.9 Å². The maximum absolute atomic E-state index is 12.6. The van der Waals surface area contributed by atoms with Crippen LogP contribution >= 0.6 is 7.82 Å². The van der Waals surface area contributed by atoms with E-state index >= 15 is 0 Å². The molecule has 0 spiro atoms. The molecule has 54 heavy (non-hydrogen) atoms. The normalized spacial score (nSPS) is 14.5. The summed E-state index contributed by atoms with van der Waals surface area (Å²) in [5.41, 5.74) is 5.36. The Morgan fingerprint density at radius 2 is 1.00 bits per heavy atom. The number of rotatable bonds is 38. The number of allylic oxidation sites excluding steroid dienone is 16. The van der Waals surface area contributed by atoms with Crippen LogP contribution < -0.4 is 5.73 Å². The molecular weight excluding hydrogens is 697 g/mol. The molecule has 0 saturated carbocycles. The molecule has 2 atom stereocenters. The van der Waals surface area contributed by atoms with Gasteiger partial charge in [-0.3, -0.25) is 13.8 Å². The quantitative estimate of drug-likeness (QED) is 0.0276. The fourth-order valence-corrected chi connectivity index (χ4v) is 5.83. The second-order valence-electron chi connectivity index (χ2n) is 13.3. The van der Waals surface area contributed by atoms with Crippen molar-refractivity contribution in [1.82, 2.24) is 0 Å². The van der Waals surface area contributed by atoms with Crippen molar-refractivity contribution < 1.29 is 32.8 Å². The lowest BCUT2D eigenvalue weighted by Gasteiger charge is -2.20. The van der Waals surface area contributed by atoms with Crippen molar-refractivity contribution in [3.05, 3.63) is 97.2 Å². The third-order valence-corrected chi connectivity index (χ3v) is 9.15. The Kier molecular flexibility index (Phi) is 39.6. The van der Waals surface area contributed by atoms with Crippen molar-refractivity contribution in [3.63, 3.8) is 0 Å². The lowest BCUT2D eigenvalue weighted by atomic mass is 10.1. The van der Waals surface area contributed by atoms with E-state index in [0.29, 0.717) is 13.0 Å². The van der Waals surface area contributed by atoms with Crippen molar-refractivity contribution in [3.8, 4) is 0 Å². The first-order valence-corrected chi connectivity index (χ1v) is 22.3. The van der Waals surface area contributed by atoms with Crippen LogP contribution in [-0.4, -0.2) is 49.9 Å². The summed E-state index contributed by atoms with van der Waals surface area (Å²) >= 11 is 0. The number of carbonyl (C=O) groups is 1. The monoisotopic (exact) mass is 774 g/mol. The van der Waals surface area contributed by atoms with Crippen LogP contribution in [0.2, 0.25) is 0 Å². The van der Waals surface area contributed by atoms with Gasteiger partial charge in [0, 0.05) is 19.6 Å². The van der Waals surface area contributed by atoms with Crippen LogP contribution in [0.25, 0.3) is 0 Å². The van der Waals surface area contributed by atoms with Crippen LogP contribution in [0.4, 0.5) is 0 Å². The minimum atomic E-state index is -4.30. The molecule has 0 radical (unpaired) electrons. The standard InChI is InChI=1S/C45H76NO7P/c1-3-5-7-9-11-13-15-17-19-20-21-22-23-25-27-29-31-33-35-37-40-50-42-44(43-52-54(48,49)51-41-39-46)53-45(47)38-36-34-32-30-28-26-24-18-16-14-12-10-8-6-4-2/h9,11,13,15,17-28,44H,3-8,10,12,14,16,29-43,46H2,1-2H3,(H,48,49). The Labute approximate surface area is 330 Å². The zero-order valence-corrected chi connectivity index (χ0v) is 34.8. The summed E-state index contributed by atoms with van der Waals surface area (Å²) in [7, 11) is -4.30. The van der Waals surface area contributed by atoms with E-state index < -0.39 is 13.9 Å². The van der Waals surface area contributed by atoms with E-state index in [4.69, 9.17) is 24.3 Å². The molecule has 0 rings (SSSR count). The fourth-order valence-electron chi connectivity index (χ4n) is 5.06. The van der Waals surface area contributed by atoms with Crippen molar-refractivity contribution in [2.75, 3.05) is 33.0 Å². The van der Waals surface area contributed by atoms with Crippen LogP contribution in [0.5, 0.6) is 0 Å².